The van der Waals surface area contributed by atoms with Crippen LogP contribution in [-0.2, 0) is 27.2 Å². The first-order chi connectivity index (χ1) is 14.1. The Labute approximate surface area is 177 Å². The smallest absolute Gasteiger partial charge is 0.387 e. The molecule has 0 saturated carbocycles. The van der Waals surface area contributed by atoms with Gasteiger partial charge >= 0.3 is 21.3 Å². The maximum absolute atomic E-state index is 12.7. The van der Waals surface area contributed by atoms with Crippen molar-refractivity contribution in [3.05, 3.63) is 22.7 Å². The molecular weight excluding hydrogens is 462 g/mol. The monoisotopic (exact) mass is 489 g/mol. The Kier molecular flexibility index (Phi) is 8.17. The minimum absolute atomic E-state index is 0.0595. The number of phosphoric ester groups is 1. The largest absolute Gasteiger partial charge is 0.484 e. The quantitative estimate of drug-likeness (QED) is 0.185. The molecule has 6 N–H and O–H groups in total. The molecule has 0 aromatic carbocycles. The number of nitrogens with zero attached hydrogens (tertiary/aromatic N) is 3. The van der Waals surface area contributed by atoms with Crippen LogP contribution in [0.3, 0.4) is 0 Å². The Morgan fingerprint density at radius 3 is 2.42 bits per heavy atom. The number of phosphoric acid groups is 2. The second-order valence-corrected chi connectivity index (χ2v) is 10.8. The average Bonchev–Trinajstić information content (AvgIpc) is 2.86. The van der Waals surface area contributed by atoms with Gasteiger partial charge in [0.2, 0.25) is 0 Å². The molecule has 1 fully saturated rings. The molecule has 178 valence electrons. The molecule has 0 radical (unpaired) electrons. The van der Waals surface area contributed by atoms with E-state index in [4.69, 9.17) is 29.3 Å². The summed E-state index contributed by atoms with van der Waals surface area (Å²) in [5, 5.41) is 20.4. The molecule has 0 amide bonds. The Morgan fingerprint density at radius 1 is 1.23 bits per heavy atom. The van der Waals surface area contributed by atoms with Crippen molar-refractivity contribution in [2.75, 3.05) is 46.6 Å². The lowest BCUT2D eigenvalue weighted by Gasteiger charge is -2.25. The first-order valence-corrected chi connectivity index (χ1v) is 11.9. The third kappa shape index (κ3) is 7.70. The van der Waals surface area contributed by atoms with Gasteiger partial charge in [-0.25, -0.2) is 13.9 Å². The van der Waals surface area contributed by atoms with E-state index in [-0.39, 0.29) is 12.4 Å². The number of anilines is 1. The van der Waals surface area contributed by atoms with E-state index in [1.165, 1.54) is 12.3 Å². The van der Waals surface area contributed by atoms with Crippen LogP contribution in [0.5, 0.6) is 0 Å². The number of hydrogen-bond acceptors (Lipinski definition) is 11. The van der Waals surface area contributed by atoms with Crippen LogP contribution >= 0.6 is 15.6 Å². The predicted octanol–water partition coefficient (Wildman–Crippen LogP) is -1.60. The van der Waals surface area contributed by atoms with E-state index >= 15 is 0 Å². The van der Waals surface area contributed by atoms with Crippen molar-refractivity contribution in [3.63, 3.8) is 0 Å². The number of hydrogen-bond donors (Lipinski definition) is 5. The fourth-order valence-electron chi connectivity index (χ4n) is 2.52. The van der Waals surface area contributed by atoms with E-state index in [2.05, 4.69) is 9.29 Å². The maximum atomic E-state index is 12.7. The van der Waals surface area contributed by atoms with Gasteiger partial charge in [-0.1, -0.05) is 0 Å². The highest BCUT2D eigenvalue weighted by atomic mass is 31.3. The first kappa shape index (κ1) is 26.0. The second kappa shape index (κ2) is 9.73. The summed E-state index contributed by atoms with van der Waals surface area (Å²) >= 11 is 0. The zero-order valence-corrected chi connectivity index (χ0v) is 18.8. The Morgan fingerprint density at radius 2 is 1.87 bits per heavy atom. The lowest BCUT2D eigenvalue weighted by molar-refractivity contribution is -0.870. The van der Waals surface area contributed by atoms with Crippen LogP contribution in [0.4, 0.5) is 5.82 Å². The van der Waals surface area contributed by atoms with Crippen LogP contribution < -0.4 is 11.4 Å². The highest BCUT2D eigenvalue weighted by molar-refractivity contribution is 7.61. The van der Waals surface area contributed by atoms with Gasteiger partial charge in [-0.05, 0) is 6.07 Å². The fourth-order valence-corrected chi connectivity index (χ4v) is 4.65. The maximum Gasteiger partial charge on any atom is 0.484 e. The molecule has 2 rings (SSSR count). The minimum Gasteiger partial charge on any atom is -0.387 e. The van der Waals surface area contributed by atoms with Gasteiger partial charge < -0.3 is 35.0 Å². The number of ether oxygens (including phenoxy) is 1. The van der Waals surface area contributed by atoms with E-state index in [0.717, 1.165) is 4.57 Å². The van der Waals surface area contributed by atoms with Crippen molar-refractivity contribution >= 4 is 21.5 Å². The van der Waals surface area contributed by atoms with Gasteiger partial charge in [0.1, 0.15) is 37.3 Å². The molecule has 5 atom stereocenters. The third-order valence-electron chi connectivity index (χ3n) is 4.08. The van der Waals surface area contributed by atoms with Gasteiger partial charge in [0, 0.05) is 6.20 Å². The first-order valence-electron chi connectivity index (χ1n) is 8.93. The molecule has 1 aliphatic heterocycles. The standard InChI is InChI=1S/C14H26N4O11P2/c1-18(2,3)6-7-26-31(25,29-30(22,23)24)27-8-9-11(19)12(20)13(28-9)17-5-4-10(15)16-14(17)21/h4-5,9,11-13,19-20H,6-8H2,1-3H3,(H3-,15,16,21,22,23,24)/p+1. The lowest BCUT2D eigenvalue weighted by atomic mass is 10.1. The predicted molar refractivity (Wildman–Crippen MR) is 104 cm³/mol. The zero-order chi connectivity index (χ0) is 23.6. The van der Waals surface area contributed by atoms with E-state index < -0.39 is 52.5 Å². The molecule has 0 aliphatic carbocycles. The van der Waals surface area contributed by atoms with Gasteiger partial charge in [0.25, 0.3) is 0 Å². The van der Waals surface area contributed by atoms with E-state index in [1.807, 2.05) is 0 Å². The van der Waals surface area contributed by atoms with Crippen molar-refractivity contribution in [3.8, 4) is 0 Å². The molecule has 0 spiro atoms. The van der Waals surface area contributed by atoms with Crippen molar-refractivity contribution in [1.29, 1.82) is 0 Å². The Bertz CT molecular complexity index is 914. The van der Waals surface area contributed by atoms with Gasteiger partial charge in [-0.2, -0.15) is 9.29 Å². The molecule has 5 unspecified atom stereocenters. The summed E-state index contributed by atoms with van der Waals surface area (Å²) in [6.07, 6.45) is -4.72. The number of aliphatic hydroxyl groups excluding tert-OH is 2. The average molecular weight is 489 g/mol. The molecule has 15 nitrogen and oxygen atoms in total. The van der Waals surface area contributed by atoms with Crippen molar-refractivity contribution in [1.82, 2.24) is 9.55 Å². The highest BCUT2D eigenvalue weighted by Gasteiger charge is 2.46. The zero-order valence-electron chi connectivity index (χ0n) is 17.0. The summed E-state index contributed by atoms with van der Waals surface area (Å²) < 4.78 is 44.6. The molecule has 1 saturated heterocycles. The Hall–Kier alpha value is -1.22. The number of rotatable bonds is 10. The van der Waals surface area contributed by atoms with Crippen LogP contribution in [0.15, 0.2) is 17.1 Å². The molecule has 1 aromatic heterocycles. The molecule has 1 aromatic rings. The summed E-state index contributed by atoms with van der Waals surface area (Å²) in [5.74, 6) is -0.0595. The Balaban J connectivity index is 2.10. The molecular formula is C14H27N4O11P2+. The van der Waals surface area contributed by atoms with Crippen LogP contribution in [0.1, 0.15) is 6.23 Å². The van der Waals surface area contributed by atoms with Gasteiger partial charge in [-0.3, -0.25) is 13.6 Å². The topological polar surface area (TPSA) is 213 Å². The normalized spacial score (nSPS) is 26.7. The summed E-state index contributed by atoms with van der Waals surface area (Å²) in [4.78, 5) is 33.5. The SMILES string of the molecule is C[N+](C)(C)CCOP(=O)(OCC1OC(n2ccc(N)nc2=O)C(O)C1O)OP(=O)(O)O. The highest BCUT2D eigenvalue weighted by Crippen LogP contribution is 2.61. The van der Waals surface area contributed by atoms with Gasteiger partial charge in [-0.15, -0.1) is 0 Å². The number of aliphatic hydroxyl groups is 2. The third-order valence-corrected chi connectivity index (χ3v) is 6.69. The van der Waals surface area contributed by atoms with E-state index in [1.54, 1.807) is 21.1 Å². The molecule has 0 bridgehead atoms. The minimum atomic E-state index is -5.26. The van der Waals surface area contributed by atoms with Crippen LogP contribution in [-0.4, -0.2) is 93.2 Å². The van der Waals surface area contributed by atoms with Gasteiger partial charge in [0.15, 0.2) is 6.23 Å². The number of nitrogens with two attached hydrogens (primary N) is 1. The van der Waals surface area contributed by atoms with Crippen molar-refractivity contribution in [2.45, 2.75) is 24.5 Å². The number of nitrogen functional groups attached to an aromatic ring is 1. The lowest BCUT2D eigenvalue weighted by Crippen LogP contribution is -2.37. The second-order valence-electron chi connectivity index (χ2n) is 7.75. The van der Waals surface area contributed by atoms with Crippen molar-refractivity contribution < 1.29 is 51.7 Å². The summed E-state index contributed by atoms with van der Waals surface area (Å²) in [5.41, 5.74) is 4.56. The van der Waals surface area contributed by atoms with Gasteiger partial charge in [0.05, 0.1) is 27.7 Å². The van der Waals surface area contributed by atoms with E-state index in [0.29, 0.717) is 11.0 Å². The number of likely N-dealkylation sites (N-methyl/N-ethyl adjacent to an activating group) is 1. The fraction of sp³-hybridized carbons (Fsp3) is 0.714. The van der Waals surface area contributed by atoms with E-state index in [9.17, 15) is 24.1 Å². The van der Waals surface area contributed by atoms with Crippen molar-refractivity contribution in [2.24, 2.45) is 0 Å². The molecule has 2 heterocycles. The van der Waals surface area contributed by atoms with Crippen LogP contribution in [0.2, 0.25) is 0 Å². The van der Waals surface area contributed by atoms with Crippen LogP contribution in [0, 0.1) is 0 Å². The van der Waals surface area contributed by atoms with Crippen LogP contribution in [0.25, 0.3) is 0 Å². The summed E-state index contributed by atoms with van der Waals surface area (Å²) in [7, 11) is -4.63. The molecule has 17 heteroatoms. The molecule has 31 heavy (non-hydrogen) atoms. The summed E-state index contributed by atoms with van der Waals surface area (Å²) in [6, 6.07) is 1.28. The number of aromatic nitrogens is 2. The molecule has 1 aliphatic rings. The summed E-state index contributed by atoms with van der Waals surface area (Å²) in [6.45, 7) is -0.672. The number of quaternary nitrogens is 1.